The number of anilines is 1. The molecule has 0 fully saturated rings. The Bertz CT molecular complexity index is 620. The minimum absolute atomic E-state index is 0.560. The quantitative estimate of drug-likeness (QED) is 0.840. The standard InChI is InChI=1S/C15H13IN2O/c1-19-15-6-5-11(7-12(15)9-17)10-18-14-4-2-3-13(16)8-14/h2-8,18H,10H2,1H3. The van der Waals surface area contributed by atoms with Crippen LogP contribution in [0.2, 0.25) is 0 Å². The van der Waals surface area contributed by atoms with Gasteiger partial charge in [-0.3, -0.25) is 0 Å². The summed E-state index contributed by atoms with van der Waals surface area (Å²) in [5, 5.41) is 12.4. The van der Waals surface area contributed by atoms with Gasteiger partial charge in [0.15, 0.2) is 0 Å². The van der Waals surface area contributed by atoms with Crippen molar-refractivity contribution < 1.29 is 4.74 Å². The number of hydrogen-bond acceptors (Lipinski definition) is 3. The third-order valence-electron chi connectivity index (χ3n) is 2.71. The number of rotatable bonds is 4. The number of methoxy groups -OCH3 is 1. The van der Waals surface area contributed by atoms with E-state index in [1.165, 1.54) is 3.57 Å². The van der Waals surface area contributed by atoms with Crippen LogP contribution in [0, 0.1) is 14.9 Å². The van der Waals surface area contributed by atoms with Gasteiger partial charge < -0.3 is 10.1 Å². The topological polar surface area (TPSA) is 45.0 Å². The lowest BCUT2D eigenvalue weighted by Crippen LogP contribution is -2.00. The third kappa shape index (κ3) is 3.61. The predicted octanol–water partition coefficient (Wildman–Crippen LogP) is 3.78. The number of hydrogen-bond donors (Lipinski definition) is 1. The first-order valence-corrected chi connectivity index (χ1v) is 6.87. The second kappa shape index (κ2) is 6.43. The molecule has 0 saturated heterocycles. The maximum absolute atomic E-state index is 9.04. The Labute approximate surface area is 126 Å². The SMILES string of the molecule is COc1ccc(CNc2cccc(I)c2)cc1C#N. The lowest BCUT2D eigenvalue weighted by atomic mass is 10.1. The molecule has 96 valence electrons. The fourth-order valence-electron chi connectivity index (χ4n) is 1.76. The lowest BCUT2D eigenvalue weighted by molar-refractivity contribution is 0.413. The maximum Gasteiger partial charge on any atom is 0.136 e. The maximum atomic E-state index is 9.04. The van der Waals surface area contributed by atoms with Crippen molar-refractivity contribution in [1.29, 1.82) is 5.26 Å². The van der Waals surface area contributed by atoms with E-state index in [-0.39, 0.29) is 0 Å². The van der Waals surface area contributed by atoms with Crippen molar-refractivity contribution in [2.24, 2.45) is 0 Å². The first kappa shape index (κ1) is 13.7. The molecule has 0 aliphatic rings. The number of nitriles is 1. The summed E-state index contributed by atoms with van der Waals surface area (Å²) in [6.07, 6.45) is 0. The van der Waals surface area contributed by atoms with E-state index < -0.39 is 0 Å². The van der Waals surface area contributed by atoms with Crippen molar-refractivity contribution in [1.82, 2.24) is 0 Å². The molecule has 19 heavy (non-hydrogen) atoms. The third-order valence-corrected chi connectivity index (χ3v) is 3.38. The monoisotopic (exact) mass is 364 g/mol. The molecule has 2 aromatic carbocycles. The van der Waals surface area contributed by atoms with Gasteiger partial charge in [0.25, 0.3) is 0 Å². The highest BCUT2D eigenvalue weighted by Gasteiger charge is 2.03. The highest BCUT2D eigenvalue weighted by molar-refractivity contribution is 14.1. The molecule has 0 bridgehead atoms. The normalized spacial score (nSPS) is 9.74. The van der Waals surface area contributed by atoms with Crippen LogP contribution in [0.25, 0.3) is 0 Å². The number of nitrogens with zero attached hydrogens (tertiary/aromatic N) is 1. The van der Waals surface area contributed by atoms with Crippen molar-refractivity contribution in [2.45, 2.75) is 6.54 Å². The van der Waals surface area contributed by atoms with Crippen LogP contribution in [0.15, 0.2) is 42.5 Å². The van der Waals surface area contributed by atoms with Gasteiger partial charge in [-0.2, -0.15) is 5.26 Å². The van der Waals surface area contributed by atoms with Gasteiger partial charge in [0.1, 0.15) is 11.8 Å². The number of ether oxygens (including phenoxy) is 1. The fourth-order valence-corrected chi connectivity index (χ4v) is 2.30. The molecule has 0 spiro atoms. The van der Waals surface area contributed by atoms with Crippen LogP contribution >= 0.6 is 22.6 Å². The summed E-state index contributed by atoms with van der Waals surface area (Å²) < 4.78 is 6.32. The summed E-state index contributed by atoms with van der Waals surface area (Å²) in [5.41, 5.74) is 2.68. The number of benzene rings is 2. The molecule has 0 radical (unpaired) electrons. The van der Waals surface area contributed by atoms with E-state index in [0.29, 0.717) is 17.9 Å². The van der Waals surface area contributed by atoms with Crippen LogP contribution in [-0.4, -0.2) is 7.11 Å². The molecule has 4 heteroatoms. The van der Waals surface area contributed by atoms with Gasteiger partial charge in [-0.1, -0.05) is 12.1 Å². The van der Waals surface area contributed by atoms with E-state index >= 15 is 0 Å². The molecule has 0 unspecified atom stereocenters. The van der Waals surface area contributed by atoms with Crippen LogP contribution < -0.4 is 10.1 Å². The lowest BCUT2D eigenvalue weighted by Gasteiger charge is -2.09. The van der Waals surface area contributed by atoms with Crippen molar-refractivity contribution in [3.8, 4) is 11.8 Å². The van der Waals surface area contributed by atoms with Crippen molar-refractivity contribution >= 4 is 28.3 Å². The Balaban J connectivity index is 2.10. The van der Waals surface area contributed by atoms with Crippen LogP contribution in [-0.2, 0) is 6.54 Å². The zero-order valence-electron chi connectivity index (χ0n) is 10.5. The highest BCUT2D eigenvalue weighted by Crippen LogP contribution is 2.20. The van der Waals surface area contributed by atoms with E-state index in [1.807, 2.05) is 36.4 Å². The Hall–Kier alpha value is -1.74. The first-order valence-electron chi connectivity index (χ1n) is 5.79. The Morgan fingerprint density at radius 1 is 1.26 bits per heavy atom. The molecule has 0 aliphatic carbocycles. The molecule has 2 rings (SSSR count). The largest absolute Gasteiger partial charge is 0.495 e. The van der Waals surface area contributed by atoms with E-state index in [0.717, 1.165) is 11.3 Å². The zero-order chi connectivity index (χ0) is 13.7. The van der Waals surface area contributed by atoms with Crippen LogP contribution in [0.1, 0.15) is 11.1 Å². The predicted molar refractivity (Wildman–Crippen MR) is 84.2 cm³/mol. The second-order valence-corrected chi connectivity index (χ2v) is 5.26. The van der Waals surface area contributed by atoms with Gasteiger partial charge in [-0.05, 0) is 58.5 Å². The van der Waals surface area contributed by atoms with Crippen molar-refractivity contribution in [3.05, 3.63) is 57.2 Å². The van der Waals surface area contributed by atoms with E-state index in [9.17, 15) is 0 Å². The molecular formula is C15H13IN2O. The van der Waals surface area contributed by atoms with E-state index in [2.05, 4.69) is 40.0 Å². The van der Waals surface area contributed by atoms with Gasteiger partial charge in [0.05, 0.1) is 12.7 Å². The number of nitrogens with one attached hydrogen (secondary N) is 1. The summed E-state index contributed by atoms with van der Waals surface area (Å²) in [4.78, 5) is 0. The smallest absolute Gasteiger partial charge is 0.136 e. The fraction of sp³-hybridized carbons (Fsp3) is 0.133. The summed E-state index contributed by atoms with van der Waals surface area (Å²) >= 11 is 2.28. The molecular weight excluding hydrogens is 351 g/mol. The summed E-state index contributed by atoms with van der Waals surface area (Å²) in [7, 11) is 1.57. The molecule has 0 aromatic heterocycles. The van der Waals surface area contributed by atoms with Crippen molar-refractivity contribution in [2.75, 3.05) is 12.4 Å². The van der Waals surface area contributed by atoms with E-state index in [1.54, 1.807) is 7.11 Å². The Morgan fingerprint density at radius 2 is 2.11 bits per heavy atom. The minimum atomic E-state index is 0.560. The van der Waals surface area contributed by atoms with Crippen molar-refractivity contribution in [3.63, 3.8) is 0 Å². The minimum Gasteiger partial charge on any atom is -0.495 e. The average Bonchev–Trinajstić information content (AvgIpc) is 2.45. The molecule has 0 saturated carbocycles. The molecule has 0 amide bonds. The number of halogens is 1. The summed E-state index contributed by atoms with van der Waals surface area (Å²) in [6, 6.07) is 15.9. The molecule has 2 aromatic rings. The van der Waals surface area contributed by atoms with Crippen LogP contribution in [0.4, 0.5) is 5.69 Å². The molecule has 1 N–H and O–H groups in total. The zero-order valence-corrected chi connectivity index (χ0v) is 12.6. The van der Waals surface area contributed by atoms with Gasteiger partial charge in [-0.25, -0.2) is 0 Å². The Morgan fingerprint density at radius 3 is 2.79 bits per heavy atom. The van der Waals surface area contributed by atoms with Gasteiger partial charge in [-0.15, -0.1) is 0 Å². The molecule has 3 nitrogen and oxygen atoms in total. The molecule has 0 atom stereocenters. The highest BCUT2D eigenvalue weighted by atomic mass is 127. The molecule has 0 heterocycles. The van der Waals surface area contributed by atoms with Crippen LogP contribution in [0.5, 0.6) is 5.75 Å². The average molecular weight is 364 g/mol. The van der Waals surface area contributed by atoms with Gasteiger partial charge in [0, 0.05) is 15.8 Å². The summed E-state index contributed by atoms with van der Waals surface area (Å²) in [6.45, 7) is 0.679. The van der Waals surface area contributed by atoms with Gasteiger partial charge in [0.2, 0.25) is 0 Å². The Kier molecular flexibility index (Phi) is 4.63. The summed E-state index contributed by atoms with van der Waals surface area (Å²) in [5.74, 6) is 0.612. The van der Waals surface area contributed by atoms with Gasteiger partial charge >= 0.3 is 0 Å². The van der Waals surface area contributed by atoms with E-state index in [4.69, 9.17) is 10.00 Å². The molecule has 0 aliphatic heterocycles. The second-order valence-electron chi connectivity index (χ2n) is 4.01. The van der Waals surface area contributed by atoms with Crippen LogP contribution in [0.3, 0.4) is 0 Å². The first-order chi connectivity index (χ1) is 9.22.